The zero-order valence-electron chi connectivity index (χ0n) is 12.5. The summed E-state index contributed by atoms with van der Waals surface area (Å²) >= 11 is 0. The molecule has 0 spiro atoms. The van der Waals surface area contributed by atoms with Crippen molar-refractivity contribution in [3.05, 3.63) is 48.0 Å². The van der Waals surface area contributed by atoms with Gasteiger partial charge in [-0.1, -0.05) is 6.07 Å². The summed E-state index contributed by atoms with van der Waals surface area (Å²) in [4.78, 5) is 12.3. The highest BCUT2D eigenvalue weighted by Crippen LogP contribution is 2.33. The van der Waals surface area contributed by atoms with Gasteiger partial charge in [-0.05, 0) is 36.4 Å². The molecule has 0 aliphatic carbocycles. The Hall–Kier alpha value is -2.83. The monoisotopic (exact) mass is 323 g/mol. The lowest BCUT2D eigenvalue weighted by molar-refractivity contribution is -0.0515. The SMILES string of the molecule is COc1ccc(NC(=O)c2cccc(OC)c2OC(F)F)cc1. The first-order chi connectivity index (χ1) is 11.0. The van der Waals surface area contributed by atoms with E-state index in [0.717, 1.165) is 0 Å². The highest BCUT2D eigenvalue weighted by atomic mass is 19.3. The first-order valence-corrected chi connectivity index (χ1v) is 6.62. The number of hydrogen-bond donors (Lipinski definition) is 1. The molecule has 7 heteroatoms. The van der Waals surface area contributed by atoms with Gasteiger partial charge in [0.15, 0.2) is 11.5 Å². The van der Waals surface area contributed by atoms with Gasteiger partial charge in [-0.15, -0.1) is 0 Å². The number of nitrogens with one attached hydrogen (secondary N) is 1. The molecule has 0 atom stereocenters. The fourth-order valence-electron chi connectivity index (χ4n) is 1.94. The maximum Gasteiger partial charge on any atom is 0.387 e. The fourth-order valence-corrected chi connectivity index (χ4v) is 1.94. The van der Waals surface area contributed by atoms with E-state index in [4.69, 9.17) is 9.47 Å². The molecule has 0 radical (unpaired) electrons. The molecular weight excluding hydrogens is 308 g/mol. The summed E-state index contributed by atoms with van der Waals surface area (Å²) in [6.45, 7) is -3.07. The molecule has 5 nitrogen and oxygen atoms in total. The van der Waals surface area contributed by atoms with E-state index in [-0.39, 0.29) is 17.1 Å². The number of benzene rings is 2. The number of alkyl halides is 2. The number of amides is 1. The topological polar surface area (TPSA) is 56.8 Å². The van der Waals surface area contributed by atoms with Crippen molar-refractivity contribution in [3.63, 3.8) is 0 Å². The number of para-hydroxylation sites is 1. The molecule has 0 heterocycles. The Morgan fingerprint density at radius 2 is 1.74 bits per heavy atom. The van der Waals surface area contributed by atoms with Gasteiger partial charge >= 0.3 is 6.61 Å². The van der Waals surface area contributed by atoms with Crippen LogP contribution in [0.4, 0.5) is 14.5 Å². The van der Waals surface area contributed by atoms with Gasteiger partial charge in [0.2, 0.25) is 0 Å². The van der Waals surface area contributed by atoms with Crippen molar-refractivity contribution in [2.24, 2.45) is 0 Å². The molecule has 0 unspecified atom stereocenters. The van der Waals surface area contributed by atoms with E-state index in [9.17, 15) is 13.6 Å². The third kappa shape index (κ3) is 4.09. The quantitative estimate of drug-likeness (QED) is 0.883. The Kier molecular flexibility index (Phi) is 5.35. The van der Waals surface area contributed by atoms with E-state index in [0.29, 0.717) is 11.4 Å². The van der Waals surface area contributed by atoms with Crippen molar-refractivity contribution in [1.82, 2.24) is 0 Å². The van der Waals surface area contributed by atoms with Crippen LogP contribution in [0.25, 0.3) is 0 Å². The maximum atomic E-state index is 12.6. The van der Waals surface area contributed by atoms with Crippen LogP contribution in [-0.2, 0) is 0 Å². The average Bonchev–Trinajstić information content (AvgIpc) is 2.55. The predicted molar refractivity (Wildman–Crippen MR) is 80.6 cm³/mol. The molecule has 0 aromatic heterocycles. The fraction of sp³-hybridized carbons (Fsp3) is 0.188. The van der Waals surface area contributed by atoms with Crippen LogP contribution < -0.4 is 19.5 Å². The highest BCUT2D eigenvalue weighted by Gasteiger charge is 2.20. The van der Waals surface area contributed by atoms with Crippen molar-refractivity contribution in [3.8, 4) is 17.2 Å². The molecule has 2 aromatic rings. The van der Waals surface area contributed by atoms with Gasteiger partial charge in [-0.25, -0.2) is 0 Å². The molecule has 122 valence electrons. The van der Waals surface area contributed by atoms with Crippen molar-refractivity contribution >= 4 is 11.6 Å². The van der Waals surface area contributed by atoms with Gasteiger partial charge in [0.05, 0.1) is 19.8 Å². The van der Waals surface area contributed by atoms with E-state index >= 15 is 0 Å². The van der Waals surface area contributed by atoms with Gasteiger partial charge in [0.25, 0.3) is 5.91 Å². The molecule has 1 N–H and O–H groups in total. The molecule has 0 bridgehead atoms. The first kappa shape index (κ1) is 16.5. The van der Waals surface area contributed by atoms with Crippen molar-refractivity contribution in [2.45, 2.75) is 6.61 Å². The van der Waals surface area contributed by atoms with Gasteiger partial charge in [-0.2, -0.15) is 8.78 Å². The summed E-state index contributed by atoms with van der Waals surface area (Å²) in [6.07, 6.45) is 0. The van der Waals surface area contributed by atoms with Crippen LogP contribution in [0.1, 0.15) is 10.4 Å². The number of carbonyl (C=O) groups is 1. The Bertz CT molecular complexity index is 674. The second-order valence-corrected chi connectivity index (χ2v) is 4.40. The second kappa shape index (κ2) is 7.44. The molecular formula is C16H15F2NO4. The zero-order valence-corrected chi connectivity index (χ0v) is 12.5. The lowest BCUT2D eigenvalue weighted by Crippen LogP contribution is -2.15. The largest absolute Gasteiger partial charge is 0.497 e. The minimum absolute atomic E-state index is 0.0488. The molecule has 2 rings (SSSR count). The van der Waals surface area contributed by atoms with Crippen LogP contribution >= 0.6 is 0 Å². The second-order valence-electron chi connectivity index (χ2n) is 4.40. The van der Waals surface area contributed by atoms with Crippen LogP contribution in [0.3, 0.4) is 0 Å². The Morgan fingerprint density at radius 1 is 1.04 bits per heavy atom. The van der Waals surface area contributed by atoms with Gasteiger partial charge in [0.1, 0.15) is 5.75 Å². The van der Waals surface area contributed by atoms with Crippen molar-refractivity contribution in [2.75, 3.05) is 19.5 Å². The minimum Gasteiger partial charge on any atom is -0.497 e. The summed E-state index contributed by atoms with van der Waals surface area (Å²) in [5, 5.41) is 2.60. The first-order valence-electron chi connectivity index (χ1n) is 6.62. The highest BCUT2D eigenvalue weighted by molar-refractivity contribution is 6.06. The number of carbonyl (C=O) groups excluding carboxylic acids is 1. The third-order valence-corrected chi connectivity index (χ3v) is 3.00. The molecule has 2 aromatic carbocycles. The van der Waals surface area contributed by atoms with E-state index in [1.807, 2.05) is 0 Å². The summed E-state index contributed by atoms with van der Waals surface area (Å²) in [6, 6.07) is 10.9. The Balaban J connectivity index is 2.27. The number of anilines is 1. The number of rotatable bonds is 6. The maximum absolute atomic E-state index is 12.6. The molecule has 0 saturated carbocycles. The van der Waals surface area contributed by atoms with Crippen LogP contribution in [0.15, 0.2) is 42.5 Å². The zero-order chi connectivity index (χ0) is 16.8. The molecule has 0 saturated heterocycles. The Morgan fingerprint density at radius 3 is 2.30 bits per heavy atom. The number of ether oxygens (including phenoxy) is 3. The molecule has 0 fully saturated rings. The summed E-state index contributed by atoms with van der Waals surface area (Å²) in [7, 11) is 2.83. The lowest BCUT2D eigenvalue weighted by atomic mass is 10.1. The van der Waals surface area contributed by atoms with Crippen LogP contribution in [0.2, 0.25) is 0 Å². The number of methoxy groups -OCH3 is 2. The smallest absolute Gasteiger partial charge is 0.387 e. The van der Waals surface area contributed by atoms with Crippen LogP contribution in [0, 0.1) is 0 Å². The average molecular weight is 323 g/mol. The predicted octanol–water partition coefficient (Wildman–Crippen LogP) is 3.56. The standard InChI is InChI=1S/C16H15F2NO4/c1-21-11-8-6-10(7-9-11)19-15(20)12-4-3-5-13(22-2)14(12)23-16(17)18/h3-9,16H,1-2H3,(H,19,20). The van der Waals surface area contributed by atoms with E-state index in [1.54, 1.807) is 24.3 Å². The summed E-state index contributed by atoms with van der Waals surface area (Å²) < 4.78 is 39.5. The van der Waals surface area contributed by atoms with Crippen LogP contribution in [0.5, 0.6) is 17.2 Å². The van der Waals surface area contributed by atoms with Crippen molar-refractivity contribution in [1.29, 1.82) is 0 Å². The van der Waals surface area contributed by atoms with E-state index in [2.05, 4.69) is 10.1 Å². The minimum atomic E-state index is -3.07. The van der Waals surface area contributed by atoms with E-state index < -0.39 is 12.5 Å². The number of hydrogen-bond acceptors (Lipinski definition) is 4. The van der Waals surface area contributed by atoms with Gasteiger partial charge in [0, 0.05) is 5.69 Å². The molecule has 23 heavy (non-hydrogen) atoms. The molecule has 1 amide bonds. The number of halogens is 2. The molecule has 0 aliphatic rings. The van der Waals surface area contributed by atoms with Gasteiger partial charge < -0.3 is 19.5 Å². The Labute approximate surface area is 131 Å². The van der Waals surface area contributed by atoms with Crippen molar-refractivity contribution < 1.29 is 27.8 Å². The summed E-state index contributed by atoms with van der Waals surface area (Å²) in [5.74, 6) is -0.223. The third-order valence-electron chi connectivity index (χ3n) is 3.00. The van der Waals surface area contributed by atoms with Crippen LogP contribution in [-0.4, -0.2) is 26.7 Å². The lowest BCUT2D eigenvalue weighted by Gasteiger charge is -2.14. The van der Waals surface area contributed by atoms with E-state index in [1.165, 1.54) is 32.4 Å². The molecule has 0 aliphatic heterocycles. The normalized spacial score (nSPS) is 10.3. The van der Waals surface area contributed by atoms with Gasteiger partial charge in [-0.3, -0.25) is 4.79 Å². The summed E-state index contributed by atoms with van der Waals surface area (Å²) in [5.41, 5.74) is 0.432.